The van der Waals surface area contributed by atoms with Gasteiger partial charge in [0.2, 0.25) is 0 Å². The van der Waals surface area contributed by atoms with Crippen LogP contribution in [-0.4, -0.2) is 30.7 Å². The number of benzene rings is 2. The molecular formula is C24H24N4O4. The van der Waals surface area contributed by atoms with Crippen LogP contribution in [0.5, 0.6) is 0 Å². The van der Waals surface area contributed by atoms with Gasteiger partial charge in [-0.15, -0.1) is 0 Å². The van der Waals surface area contributed by atoms with E-state index in [9.17, 15) is 9.59 Å². The zero-order chi connectivity index (χ0) is 22.3. The number of amides is 1. The third kappa shape index (κ3) is 5.11. The first kappa shape index (κ1) is 21.5. The second-order valence-corrected chi connectivity index (χ2v) is 7.27. The van der Waals surface area contributed by atoms with Crippen molar-refractivity contribution >= 4 is 18.1 Å². The van der Waals surface area contributed by atoms with Crippen molar-refractivity contribution in [1.29, 1.82) is 0 Å². The van der Waals surface area contributed by atoms with Gasteiger partial charge in [-0.05, 0) is 43.2 Å². The Morgan fingerprint density at radius 2 is 1.88 bits per heavy atom. The largest absolute Gasteiger partial charge is 0.462 e. The van der Waals surface area contributed by atoms with Crippen LogP contribution in [0.4, 0.5) is 0 Å². The second-order valence-electron chi connectivity index (χ2n) is 7.27. The summed E-state index contributed by atoms with van der Waals surface area (Å²) < 4.78 is 10.7. The Morgan fingerprint density at radius 3 is 2.62 bits per heavy atom. The summed E-state index contributed by atoms with van der Waals surface area (Å²) >= 11 is 0. The lowest BCUT2D eigenvalue weighted by molar-refractivity contribution is -0.122. The molecule has 8 heteroatoms. The van der Waals surface area contributed by atoms with Crippen LogP contribution in [0.25, 0.3) is 11.3 Å². The molecule has 4 rings (SSSR count). The fraction of sp³-hybridized carbons (Fsp3) is 0.208. The van der Waals surface area contributed by atoms with Crippen molar-refractivity contribution in [2.75, 3.05) is 6.61 Å². The molecule has 1 amide bonds. The van der Waals surface area contributed by atoms with Crippen molar-refractivity contribution in [3.05, 3.63) is 83.6 Å². The number of hydrogen-bond donors (Lipinski definition) is 3. The minimum Gasteiger partial charge on any atom is -0.462 e. The number of esters is 1. The fourth-order valence-corrected chi connectivity index (χ4v) is 3.43. The highest BCUT2D eigenvalue weighted by Crippen LogP contribution is 2.23. The Hall–Kier alpha value is -3.75. The molecule has 0 bridgehead atoms. The molecule has 1 aromatic heterocycles. The second kappa shape index (κ2) is 10.0. The number of hydrazone groups is 1. The van der Waals surface area contributed by atoms with Crippen LogP contribution >= 0.6 is 0 Å². The van der Waals surface area contributed by atoms with Gasteiger partial charge in [-0.1, -0.05) is 42.5 Å². The Kier molecular flexibility index (Phi) is 6.74. The number of rotatable bonds is 7. The Bertz CT molecular complexity index is 1090. The molecule has 1 aliphatic rings. The highest BCUT2D eigenvalue weighted by molar-refractivity contribution is 5.90. The first-order chi connectivity index (χ1) is 15.6. The first-order valence-electron chi connectivity index (χ1n) is 10.4. The van der Waals surface area contributed by atoms with Crippen LogP contribution in [0.1, 0.15) is 41.1 Å². The number of furan rings is 1. The predicted octanol–water partition coefficient (Wildman–Crippen LogP) is 3.18. The van der Waals surface area contributed by atoms with E-state index in [-0.39, 0.29) is 24.0 Å². The van der Waals surface area contributed by atoms with Crippen LogP contribution in [0, 0.1) is 0 Å². The van der Waals surface area contributed by atoms with Gasteiger partial charge >= 0.3 is 5.97 Å². The predicted molar refractivity (Wildman–Crippen MR) is 120 cm³/mol. The molecule has 3 aromatic rings. The maximum atomic E-state index is 12.4. The quantitative estimate of drug-likeness (QED) is 0.301. The van der Waals surface area contributed by atoms with Crippen LogP contribution < -0.4 is 16.3 Å². The molecule has 2 atom stereocenters. The maximum absolute atomic E-state index is 12.4. The Labute approximate surface area is 185 Å². The number of carbonyl (C=O) groups excluding carboxylic acids is 2. The van der Waals surface area contributed by atoms with Gasteiger partial charge in [-0.25, -0.2) is 21.1 Å². The van der Waals surface area contributed by atoms with E-state index in [0.717, 1.165) is 11.1 Å². The lowest BCUT2D eigenvalue weighted by Crippen LogP contribution is -2.41. The van der Waals surface area contributed by atoms with Crippen molar-refractivity contribution in [3.63, 3.8) is 0 Å². The summed E-state index contributed by atoms with van der Waals surface area (Å²) in [4.78, 5) is 24.1. The molecule has 2 unspecified atom stereocenters. The molecular weight excluding hydrogens is 408 g/mol. The standard InChI is InChI=1S/C24H24N4O4/c1-2-31-24(30)18-10-8-17(9-11-18)22-13-12-19(32-22)15-25-28-23(29)21-14-20(26-27-21)16-6-4-3-5-7-16/h3-13,15,20-21,26-27H,2,14H2,1H3,(H,28,29)/b25-15+. The van der Waals surface area contributed by atoms with Crippen molar-refractivity contribution in [2.24, 2.45) is 5.10 Å². The summed E-state index contributed by atoms with van der Waals surface area (Å²) in [7, 11) is 0. The summed E-state index contributed by atoms with van der Waals surface area (Å²) in [5.74, 6) is 0.535. The highest BCUT2D eigenvalue weighted by atomic mass is 16.5. The third-order valence-electron chi connectivity index (χ3n) is 5.10. The molecule has 2 heterocycles. The maximum Gasteiger partial charge on any atom is 0.338 e. The van der Waals surface area contributed by atoms with Crippen molar-refractivity contribution in [2.45, 2.75) is 25.4 Å². The van der Waals surface area contributed by atoms with Crippen LogP contribution in [0.15, 0.2) is 76.2 Å². The van der Waals surface area contributed by atoms with E-state index in [1.165, 1.54) is 6.21 Å². The molecule has 2 aromatic carbocycles. The number of hydrogen-bond acceptors (Lipinski definition) is 7. The summed E-state index contributed by atoms with van der Waals surface area (Å²) in [6, 6.07) is 20.1. The molecule has 0 saturated carbocycles. The molecule has 1 aliphatic heterocycles. The van der Waals surface area contributed by atoms with E-state index in [1.54, 1.807) is 43.3 Å². The minimum absolute atomic E-state index is 0.0683. The molecule has 164 valence electrons. The molecule has 0 aliphatic carbocycles. The van der Waals surface area contributed by atoms with Gasteiger partial charge in [0.15, 0.2) is 0 Å². The van der Waals surface area contributed by atoms with Gasteiger partial charge in [-0.3, -0.25) is 4.79 Å². The topological polar surface area (TPSA) is 105 Å². The molecule has 32 heavy (non-hydrogen) atoms. The average Bonchev–Trinajstić information content (AvgIpc) is 3.50. The number of carbonyl (C=O) groups is 2. The number of hydrazine groups is 1. The molecule has 1 fully saturated rings. The van der Waals surface area contributed by atoms with Gasteiger partial charge in [0.1, 0.15) is 17.6 Å². The van der Waals surface area contributed by atoms with Crippen LogP contribution in [0.2, 0.25) is 0 Å². The van der Waals surface area contributed by atoms with Gasteiger partial charge in [0.25, 0.3) is 5.91 Å². The van der Waals surface area contributed by atoms with Crippen LogP contribution in [-0.2, 0) is 9.53 Å². The fourth-order valence-electron chi connectivity index (χ4n) is 3.43. The molecule has 0 spiro atoms. The van der Waals surface area contributed by atoms with Gasteiger partial charge in [0.05, 0.1) is 18.4 Å². The number of nitrogens with one attached hydrogen (secondary N) is 3. The number of ether oxygens (including phenoxy) is 1. The minimum atomic E-state index is -0.387. The summed E-state index contributed by atoms with van der Waals surface area (Å²) in [5.41, 5.74) is 11.1. The lowest BCUT2D eigenvalue weighted by Gasteiger charge is -2.08. The molecule has 8 nitrogen and oxygen atoms in total. The molecule has 3 N–H and O–H groups in total. The van der Waals surface area contributed by atoms with Gasteiger partial charge in [-0.2, -0.15) is 5.10 Å². The van der Waals surface area contributed by atoms with Crippen LogP contribution in [0.3, 0.4) is 0 Å². The smallest absolute Gasteiger partial charge is 0.338 e. The SMILES string of the molecule is CCOC(=O)c1ccc(-c2ccc(/C=N/NC(=O)C3CC(c4ccccc4)NN3)o2)cc1. The Balaban J connectivity index is 1.30. The van der Waals surface area contributed by atoms with E-state index in [0.29, 0.717) is 30.1 Å². The lowest BCUT2D eigenvalue weighted by atomic mass is 10.0. The van der Waals surface area contributed by atoms with Crippen molar-refractivity contribution in [1.82, 2.24) is 16.3 Å². The van der Waals surface area contributed by atoms with Crippen molar-refractivity contribution in [3.8, 4) is 11.3 Å². The Morgan fingerprint density at radius 1 is 1.09 bits per heavy atom. The number of nitrogens with zero attached hydrogens (tertiary/aromatic N) is 1. The molecule has 1 saturated heterocycles. The van der Waals surface area contributed by atoms with Gasteiger partial charge < -0.3 is 9.15 Å². The third-order valence-corrected chi connectivity index (χ3v) is 5.10. The summed E-state index contributed by atoms with van der Waals surface area (Å²) in [6.45, 7) is 2.10. The summed E-state index contributed by atoms with van der Waals surface area (Å²) in [6.07, 6.45) is 2.07. The van der Waals surface area contributed by atoms with E-state index in [2.05, 4.69) is 21.4 Å². The normalized spacial score (nSPS) is 18.0. The average molecular weight is 432 g/mol. The molecule has 0 radical (unpaired) electrons. The highest BCUT2D eigenvalue weighted by Gasteiger charge is 2.29. The van der Waals surface area contributed by atoms with Crippen molar-refractivity contribution < 1.29 is 18.7 Å². The van der Waals surface area contributed by atoms with E-state index < -0.39 is 0 Å². The van der Waals surface area contributed by atoms with E-state index in [4.69, 9.17) is 9.15 Å². The zero-order valence-corrected chi connectivity index (χ0v) is 17.6. The monoisotopic (exact) mass is 432 g/mol. The first-order valence-corrected chi connectivity index (χ1v) is 10.4. The van der Waals surface area contributed by atoms with Gasteiger partial charge in [0, 0.05) is 11.6 Å². The zero-order valence-electron chi connectivity index (χ0n) is 17.6. The summed E-state index contributed by atoms with van der Waals surface area (Å²) in [5, 5.41) is 4.00. The van der Waals surface area contributed by atoms with E-state index >= 15 is 0 Å². The van der Waals surface area contributed by atoms with E-state index in [1.807, 2.05) is 30.3 Å².